The molecule has 0 saturated carbocycles. The van der Waals surface area contributed by atoms with E-state index in [2.05, 4.69) is 38.1 Å². The normalized spacial score (nSPS) is 12.7. The molecule has 1 N–H and O–H groups in total. The lowest BCUT2D eigenvalue weighted by Crippen LogP contribution is -2.00. The summed E-state index contributed by atoms with van der Waals surface area (Å²) in [7, 11) is 0. The Hall–Kier alpha value is -1.12. The van der Waals surface area contributed by atoms with E-state index >= 15 is 0 Å². The molecule has 0 amide bonds. The Kier molecular flexibility index (Phi) is 3.42. The van der Waals surface area contributed by atoms with Crippen molar-refractivity contribution in [2.24, 2.45) is 0 Å². The Morgan fingerprint density at radius 2 is 2.06 bits per heavy atom. The smallest absolute Gasteiger partial charge is 0.0838 e. The third-order valence-corrected chi connectivity index (χ3v) is 3.53. The van der Waals surface area contributed by atoms with Crippen LogP contribution < -0.4 is 0 Å². The fraction of sp³-hybridized carbons (Fsp3) is 0.286. The second kappa shape index (κ2) is 4.81. The van der Waals surface area contributed by atoms with Crippen molar-refractivity contribution < 1.29 is 5.11 Å². The van der Waals surface area contributed by atoms with Gasteiger partial charge < -0.3 is 5.11 Å². The van der Waals surface area contributed by atoms with Crippen LogP contribution in [0.25, 0.3) is 0 Å². The molecule has 1 unspecified atom stereocenters. The number of hydrogen-bond acceptors (Lipinski definition) is 2. The second-order valence-corrected chi connectivity index (χ2v) is 5.32. The Balaban J connectivity index is 2.10. The molecule has 1 aromatic heterocycles. The van der Waals surface area contributed by atoms with E-state index < -0.39 is 0 Å². The summed E-state index contributed by atoms with van der Waals surface area (Å²) in [6.45, 7) is 4.14. The zero-order chi connectivity index (χ0) is 11.5. The summed E-state index contributed by atoms with van der Waals surface area (Å²) in [5, 5.41) is 12.1. The van der Waals surface area contributed by atoms with Crippen molar-refractivity contribution in [2.75, 3.05) is 0 Å². The minimum Gasteiger partial charge on any atom is -0.388 e. The highest BCUT2D eigenvalue weighted by Crippen LogP contribution is 2.23. The Labute approximate surface area is 100 Å². The van der Waals surface area contributed by atoms with Crippen molar-refractivity contribution in [3.05, 3.63) is 57.3 Å². The van der Waals surface area contributed by atoms with Gasteiger partial charge >= 0.3 is 0 Å². The maximum atomic E-state index is 10.1. The van der Waals surface area contributed by atoms with E-state index in [0.29, 0.717) is 6.42 Å². The number of aryl methyl sites for hydroxylation is 2. The zero-order valence-corrected chi connectivity index (χ0v) is 10.4. The van der Waals surface area contributed by atoms with Gasteiger partial charge in [-0.3, -0.25) is 0 Å². The van der Waals surface area contributed by atoms with Crippen LogP contribution in [-0.4, -0.2) is 5.11 Å². The van der Waals surface area contributed by atoms with Crippen LogP contribution >= 0.6 is 11.3 Å². The van der Waals surface area contributed by atoms with Gasteiger partial charge in [0.05, 0.1) is 6.10 Å². The van der Waals surface area contributed by atoms with Crippen molar-refractivity contribution >= 4 is 11.3 Å². The van der Waals surface area contributed by atoms with Crippen molar-refractivity contribution in [3.8, 4) is 0 Å². The molecule has 0 saturated heterocycles. The van der Waals surface area contributed by atoms with E-state index in [1.54, 1.807) is 11.3 Å². The summed E-state index contributed by atoms with van der Waals surface area (Å²) in [4.78, 5) is 1.25. The van der Waals surface area contributed by atoms with Crippen LogP contribution in [0.1, 0.15) is 27.7 Å². The Bertz CT molecular complexity index is 473. The Morgan fingerprint density at radius 3 is 2.69 bits per heavy atom. The highest BCUT2D eigenvalue weighted by molar-refractivity contribution is 7.10. The lowest BCUT2D eigenvalue weighted by Gasteiger charge is -2.09. The van der Waals surface area contributed by atoms with Crippen molar-refractivity contribution in [2.45, 2.75) is 26.4 Å². The van der Waals surface area contributed by atoms with Gasteiger partial charge in [-0.1, -0.05) is 29.8 Å². The van der Waals surface area contributed by atoms with E-state index in [0.717, 1.165) is 5.56 Å². The number of aliphatic hydroxyl groups excluding tert-OH is 1. The molecular weight excluding hydrogens is 216 g/mol. The van der Waals surface area contributed by atoms with E-state index in [1.807, 2.05) is 11.4 Å². The highest BCUT2D eigenvalue weighted by Gasteiger charge is 2.09. The lowest BCUT2D eigenvalue weighted by molar-refractivity contribution is 0.179. The summed E-state index contributed by atoms with van der Waals surface area (Å²) in [6, 6.07) is 10.4. The van der Waals surface area contributed by atoms with Crippen molar-refractivity contribution in [1.82, 2.24) is 0 Å². The van der Waals surface area contributed by atoms with Crippen LogP contribution in [0.15, 0.2) is 35.7 Å². The monoisotopic (exact) mass is 232 g/mol. The van der Waals surface area contributed by atoms with E-state index in [9.17, 15) is 5.11 Å². The third kappa shape index (κ3) is 2.71. The summed E-state index contributed by atoms with van der Waals surface area (Å²) >= 11 is 1.69. The van der Waals surface area contributed by atoms with Crippen molar-refractivity contribution in [1.29, 1.82) is 0 Å². The molecular formula is C14H16OS. The molecule has 0 aliphatic rings. The number of thiophene rings is 1. The molecule has 0 aliphatic heterocycles. The molecule has 2 aromatic rings. The van der Waals surface area contributed by atoms with Gasteiger partial charge in [0.25, 0.3) is 0 Å². The van der Waals surface area contributed by atoms with E-state index in [1.165, 1.54) is 16.0 Å². The van der Waals surface area contributed by atoms with Gasteiger partial charge in [0.15, 0.2) is 0 Å². The van der Waals surface area contributed by atoms with Crippen LogP contribution in [0.2, 0.25) is 0 Å². The molecule has 0 bridgehead atoms. The first-order valence-corrected chi connectivity index (χ1v) is 6.32. The molecule has 84 valence electrons. The molecule has 0 fully saturated rings. The average Bonchev–Trinajstić information content (AvgIpc) is 2.65. The van der Waals surface area contributed by atoms with Crippen LogP contribution in [0, 0.1) is 13.8 Å². The minimum atomic E-state index is -0.383. The maximum Gasteiger partial charge on any atom is 0.0838 e. The van der Waals surface area contributed by atoms with E-state index in [4.69, 9.17) is 0 Å². The standard InChI is InChI=1S/C14H16OS/c1-10-4-3-5-12(6-10)8-14(15)13-7-11(2)16-9-13/h3-7,9,14-15H,8H2,1-2H3. The van der Waals surface area contributed by atoms with Gasteiger partial charge in [-0.25, -0.2) is 0 Å². The number of hydrogen-bond donors (Lipinski definition) is 1. The first kappa shape index (κ1) is 11.4. The fourth-order valence-electron chi connectivity index (χ4n) is 1.82. The van der Waals surface area contributed by atoms with Gasteiger partial charge in [-0.05, 0) is 36.4 Å². The molecule has 2 heteroatoms. The average molecular weight is 232 g/mol. The molecule has 1 nitrogen and oxygen atoms in total. The predicted molar refractivity (Wildman–Crippen MR) is 68.9 cm³/mol. The minimum absolute atomic E-state index is 0.383. The topological polar surface area (TPSA) is 20.2 Å². The number of benzene rings is 1. The van der Waals surface area contributed by atoms with Crippen LogP contribution in [-0.2, 0) is 6.42 Å². The van der Waals surface area contributed by atoms with Gasteiger partial charge in [0, 0.05) is 11.3 Å². The third-order valence-electron chi connectivity index (χ3n) is 2.65. The predicted octanol–water partition coefficient (Wildman–Crippen LogP) is 3.64. The van der Waals surface area contributed by atoms with Gasteiger partial charge in [-0.15, -0.1) is 11.3 Å². The molecule has 0 radical (unpaired) electrons. The second-order valence-electron chi connectivity index (χ2n) is 4.20. The molecule has 1 atom stereocenters. The fourth-order valence-corrected chi connectivity index (χ4v) is 2.57. The zero-order valence-electron chi connectivity index (χ0n) is 9.60. The SMILES string of the molecule is Cc1cccc(CC(O)c2csc(C)c2)c1. The molecule has 16 heavy (non-hydrogen) atoms. The summed E-state index contributed by atoms with van der Waals surface area (Å²) < 4.78 is 0. The first-order valence-electron chi connectivity index (χ1n) is 5.44. The highest BCUT2D eigenvalue weighted by atomic mass is 32.1. The van der Waals surface area contributed by atoms with Crippen LogP contribution in [0.5, 0.6) is 0 Å². The van der Waals surface area contributed by atoms with Gasteiger partial charge in [-0.2, -0.15) is 0 Å². The quantitative estimate of drug-likeness (QED) is 0.856. The summed E-state index contributed by atoms with van der Waals surface area (Å²) in [5.41, 5.74) is 3.46. The number of aliphatic hydroxyl groups is 1. The van der Waals surface area contributed by atoms with Crippen LogP contribution in [0.3, 0.4) is 0 Å². The molecule has 1 heterocycles. The largest absolute Gasteiger partial charge is 0.388 e. The summed E-state index contributed by atoms with van der Waals surface area (Å²) in [5.74, 6) is 0. The van der Waals surface area contributed by atoms with Crippen LogP contribution in [0.4, 0.5) is 0 Å². The van der Waals surface area contributed by atoms with Crippen molar-refractivity contribution in [3.63, 3.8) is 0 Å². The van der Waals surface area contributed by atoms with Gasteiger partial charge in [0.1, 0.15) is 0 Å². The number of rotatable bonds is 3. The van der Waals surface area contributed by atoms with E-state index in [-0.39, 0.29) is 6.10 Å². The molecule has 1 aromatic carbocycles. The lowest BCUT2D eigenvalue weighted by atomic mass is 10.0. The molecule has 2 rings (SSSR count). The summed E-state index contributed by atoms with van der Waals surface area (Å²) in [6.07, 6.45) is 0.310. The maximum absolute atomic E-state index is 10.1. The first-order chi connectivity index (χ1) is 7.65. The molecule has 0 spiro atoms. The molecule has 0 aliphatic carbocycles. The van der Waals surface area contributed by atoms with Gasteiger partial charge in [0.2, 0.25) is 0 Å². The Morgan fingerprint density at radius 1 is 1.25 bits per heavy atom.